The van der Waals surface area contributed by atoms with Crippen LogP contribution in [0.15, 0.2) is 23.6 Å². The Morgan fingerprint density at radius 3 is 2.74 bits per heavy atom. The summed E-state index contributed by atoms with van der Waals surface area (Å²) in [6.45, 7) is 5.40. The highest BCUT2D eigenvalue weighted by molar-refractivity contribution is 7.14. The molecule has 1 amide bonds. The smallest absolute Gasteiger partial charge is 0.230 e. The maximum Gasteiger partial charge on any atom is 0.230 e. The lowest BCUT2D eigenvalue weighted by molar-refractivity contribution is -0.115. The molecule has 0 spiro atoms. The fraction of sp³-hybridized carbons (Fsp3) is 0.286. The summed E-state index contributed by atoms with van der Waals surface area (Å²) < 4.78 is 0. The summed E-state index contributed by atoms with van der Waals surface area (Å²) in [4.78, 5) is 17.8. The van der Waals surface area contributed by atoms with E-state index in [0.29, 0.717) is 10.8 Å². The summed E-state index contributed by atoms with van der Waals surface area (Å²) in [5.41, 5.74) is 3.60. The maximum atomic E-state index is 11.9. The van der Waals surface area contributed by atoms with Crippen LogP contribution >= 0.6 is 11.3 Å². The lowest BCUT2D eigenvalue weighted by Crippen LogP contribution is -2.23. The first-order chi connectivity index (χ1) is 9.04. The molecular formula is C14H16N2O2S. The molecule has 4 nitrogen and oxygen atoms in total. The van der Waals surface area contributed by atoms with E-state index in [9.17, 15) is 4.79 Å². The van der Waals surface area contributed by atoms with Gasteiger partial charge in [-0.2, -0.15) is 0 Å². The predicted molar refractivity (Wildman–Crippen MR) is 76.8 cm³/mol. The zero-order chi connectivity index (χ0) is 14.0. The highest BCUT2D eigenvalue weighted by atomic mass is 32.1. The number of hydrogen-bond acceptors (Lipinski definition) is 4. The minimum absolute atomic E-state index is 0.0902. The molecule has 0 atom stereocenters. The van der Waals surface area contributed by atoms with Crippen molar-refractivity contribution < 1.29 is 9.90 Å². The number of aryl methyl sites for hydroxylation is 1. The average Bonchev–Trinajstić information content (AvgIpc) is 2.83. The van der Waals surface area contributed by atoms with Crippen LogP contribution in [0, 0.1) is 13.8 Å². The van der Waals surface area contributed by atoms with Gasteiger partial charge in [-0.1, -0.05) is 12.1 Å². The van der Waals surface area contributed by atoms with Crippen LogP contribution in [-0.2, 0) is 11.4 Å². The third kappa shape index (κ3) is 2.67. The van der Waals surface area contributed by atoms with Gasteiger partial charge in [0.25, 0.3) is 0 Å². The summed E-state index contributed by atoms with van der Waals surface area (Å²) in [5.74, 6) is -0.0902. The van der Waals surface area contributed by atoms with E-state index >= 15 is 0 Å². The lowest BCUT2D eigenvalue weighted by Gasteiger charge is -2.21. The van der Waals surface area contributed by atoms with Crippen LogP contribution in [0.25, 0.3) is 0 Å². The first kappa shape index (κ1) is 13.7. The van der Waals surface area contributed by atoms with Crippen LogP contribution in [0.1, 0.15) is 23.7 Å². The molecule has 1 aromatic carbocycles. The van der Waals surface area contributed by atoms with Crippen molar-refractivity contribution in [2.75, 3.05) is 4.90 Å². The number of carbonyl (C=O) groups excluding carboxylic acids is 1. The van der Waals surface area contributed by atoms with Crippen LogP contribution in [0.2, 0.25) is 0 Å². The van der Waals surface area contributed by atoms with Gasteiger partial charge in [0.15, 0.2) is 5.13 Å². The number of aliphatic hydroxyl groups is 1. The molecule has 0 radical (unpaired) electrons. The Morgan fingerprint density at radius 1 is 1.42 bits per heavy atom. The number of benzene rings is 1. The fourth-order valence-corrected chi connectivity index (χ4v) is 2.73. The monoisotopic (exact) mass is 276 g/mol. The van der Waals surface area contributed by atoms with Crippen molar-refractivity contribution in [2.24, 2.45) is 0 Å². The van der Waals surface area contributed by atoms with E-state index in [1.165, 1.54) is 18.3 Å². The van der Waals surface area contributed by atoms with Gasteiger partial charge in [-0.15, -0.1) is 11.3 Å². The van der Waals surface area contributed by atoms with E-state index in [1.807, 2.05) is 32.0 Å². The van der Waals surface area contributed by atoms with Crippen LogP contribution < -0.4 is 4.90 Å². The number of amides is 1. The summed E-state index contributed by atoms with van der Waals surface area (Å²) in [5, 5.41) is 11.4. The molecule has 2 aromatic rings. The van der Waals surface area contributed by atoms with Gasteiger partial charge in [-0.3, -0.25) is 9.69 Å². The topological polar surface area (TPSA) is 53.4 Å². The molecular weight excluding hydrogens is 260 g/mol. The highest BCUT2D eigenvalue weighted by Gasteiger charge is 2.19. The molecule has 1 aromatic heterocycles. The molecule has 100 valence electrons. The predicted octanol–water partition coefficient (Wildman–Crippen LogP) is 2.94. The second kappa shape index (κ2) is 5.50. The fourth-order valence-electron chi connectivity index (χ4n) is 1.86. The van der Waals surface area contributed by atoms with Crippen molar-refractivity contribution in [2.45, 2.75) is 27.4 Å². The lowest BCUT2D eigenvalue weighted by atomic mass is 10.1. The molecule has 0 fully saturated rings. The van der Waals surface area contributed by atoms with Gasteiger partial charge in [0.1, 0.15) is 0 Å². The van der Waals surface area contributed by atoms with Crippen molar-refractivity contribution >= 4 is 28.1 Å². The van der Waals surface area contributed by atoms with Crippen molar-refractivity contribution in [3.8, 4) is 0 Å². The zero-order valence-electron chi connectivity index (χ0n) is 11.2. The van der Waals surface area contributed by atoms with E-state index in [-0.39, 0.29) is 12.5 Å². The van der Waals surface area contributed by atoms with Crippen LogP contribution in [-0.4, -0.2) is 16.0 Å². The largest absolute Gasteiger partial charge is 0.390 e. The van der Waals surface area contributed by atoms with Gasteiger partial charge < -0.3 is 5.11 Å². The molecule has 0 unspecified atom stereocenters. The normalized spacial score (nSPS) is 10.5. The van der Waals surface area contributed by atoms with Crippen LogP contribution in [0.3, 0.4) is 0 Å². The molecule has 1 N–H and O–H groups in total. The van der Waals surface area contributed by atoms with Gasteiger partial charge in [0.05, 0.1) is 18.0 Å². The summed E-state index contributed by atoms with van der Waals surface area (Å²) in [6.07, 6.45) is 0. The van der Waals surface area contributed by atoms with Crippen molar-refractivity contribution in [1.82, 2.24) is 4.98 Å². The number of thiazole rings is 1. The molecule has 1 heterocycles. The third-order valence-electron chi connectivity index (χ3n) is 3.02. The molecule has 0 saturated carbocycles. The molecule has 5 heteroatoms. The van der Waals surface area contributed by atoms with Gasteiger partial charge >= 0.3 is 0 Å². The van der Waals surface area contributed by atoms with Crippen LogP contribution in [0.4, 0.5) is 10.8 Å². The van der Waals surface area contributed by atoms with E-state index < -0.39 is 0 Å². The first-order valence-corrected chi connectivity index (χ1v) is 6.84. The van der Waals surface area contributed by atoms with E-state index in [4.69, 9.17) is 5.11 Å². The summed E-state index contributed by atoms with van der Waals surface area (Å²) in [7, 11) is 0. The zero-order valence-corrected chi connectivity index (χ0v) is 12.0. The van der Waals surface area contributed by atoms with Crippen LogP contribution in [0.5, 0.6) is 0 Å². The van der Waals surface area contributed by atoms with Gasteiger partial charge in [-0.25, -0.2) is 4.98 Å². The molecule has 0 saturated heterocycles. The van der Waals surface area contributed by atoms with Gasteiger partial charge in [0.2, 0.25) is 5.91 Å². The molecule has 0 bridgehead atoms. The van der Waals surface area contributed by atoms with Crippen molar-refractivity contribution in [3.05, 3.63) is 40.4 Å². The number of carbonyl (C=O) groups is 1. The number of rotatable bonds is 3. The van der Waals surface area contributed by atoms with Gasteiger partial charge in [-0.05, 0) is 31.0 Å². The number of anilines is 2. The molecule has 0 aliphatic heterocycles. The summed E-state index contributed by atoms with van der Waals surface area (Å²) >= 11 is 1.35. The number of hydrogen-bond donors (Lipinski definition) is 1. The van der Waals surface area contributed by atoms with Crippen molar-refractivity contribution in [1.29, 1.82) is 0 Å². The molecule has 0 aliphatic rings. The number of nitrogens with zero attached hydrogens (tertiary/aromatic N) is 2. The number of aromatic nitrogens is 1. The molecule has 2 rings (SSSR count). The second-order valence-corrected chi connectivity index (χ2v) is 5.19. The molecule has 19 heavy (non-hydrogen) atoms. The third-order valence-corrected chi connectivity index (χ3v) is 3.90. The minimum Gasteiger partial charge on any atom is -0.390 e. The Balaban J connectivity index is 2.51. The van der Waals surface area contributed by atoms with E-state index in [1.54, 1.807) is 10.3 Å². The maximum absolute atomic E-state index is 11.9. The number of aliphatic hydroxyl groups excluding tert-OH is 1. The minimum atomic E-state index is -0.116. The first-order valence-electron chi connectivity index (χ1n) is 5.96. The van der Waals surface area contributed by atoms with E-state index in [2.05, 4.69) is 4.98 Å². The molecule has 0 aliphatic carbocycles. The highest BCUT2D eigenvalue weighted by Crippen LogP contribution is 2.32. The standard InChI is InChI=1S/C14H16N2O2S/c1-9-5-4-6-13(10(9)2)16(11(3)18)14-15-12(7-17)8-19-14/h4-6,8,17H,7H2,1-3H3. The second-order valence-electron chi connectivity index (χ2n) is 4.35. The average molecular weight is 276 g/mol. The Labute approximate surface area is 116 Å². The summed E-state index contributed by atoms with van der Waals surface area (Å²) in [6, 6.07) is 5.84. The Bertz CT molecular complexity index is 607. The van der Waals surface area contributed by atoms with Gasteiger partial charge in [0, 0.05) is 12.3 Å². The quantitative estimate of drug-likeness (QED) is 0.937. The SMILES string of the molecule is CC(=O)N(c1nc(CO)cs1)c1cccc(C)c1C. The Hall–Kier alpha value is -1.72. The van der Waals surface area contributed by atoms with Crippen molar-refractivity contribution in [3.63, 3.8) is 0 Å². The Morgan fingerprint density at radius 2 is 2.16 bits per heavy atom. The van der Waals surface area contributed by atoms with E-state index in [0.717, 1.165) is 16.8 Å². The Kier molecular flexibility index (Phi) is 3.97.